The lowest BCUT2D eigenvalue weighted by Crippen LogP contribution is -2.21. The van der Waals surface area contributed by atoms with E-state index < -0.39 is 11.5 Å². The van der Waals surface area contributed by atoms with Crippen LogP contribution in [-0.4, -0.2) is 28.7 Å². The molecule has 0 saturated heterocycles. The standard InChI is InChI=1S/C30H29N3O4/c1-20(21-7-5-4-6-8-21)37-29(35)32-27-26(31-19-33(27)2)24-11-9-22(10-12-24)23-13-15-25(16-14-23)30(17-18-30)28(34)36-3/h4-16,19-20H,17-18H2,1-3H3,(H,32,35)/t20-/m1/s1. The summed E-state index contributed by atoms with van der Waals surface area (Å²) in [5.41, 5.74) is 5.06. The number of aromatic nitrogens is 2. The van der Waals surface area contributed by atoms with Crippen LogP contribution in [0.4, 0.5) is 10.6 Å². The van der Waals surface area contributed by atoms with E-state index in [-0.39, 0.29) is 12.1 Å². The summed E-state index contributed by atoms with van der Waals surface area (Å²) in [6.45, 7) is 1.84. The van der Waals surface area contributed by atoms with E-state index >= 15 is 0 Å². The highest BCUT2D eigenvalue weighted by Gasteiger charge is 2.52. The van der Waals surface area contributed by atoms with E-state index in [1.54, 1.807) is 10.9 Å². The molecular formula is C30H29N3O4. The minimum Gasteiger partial charge on any atom is -0.468 e. The number of hydrogen-bond donors (Lipinski definition) is 1. The van der Waals surface area contributed by atoms with Gasteiger partial charge in [-0.3, -0.25) is 10.1 Å². The molecule has 1 amide bonds. The average Bonchev–Trinajstić information content (AvgIpc) is 3.67. The van der Waals surface area contributed by atoms with Crippen molar-refractivity contribution in [3.63, 3.8) is 0 Å². The molecule has 0 spiro atoms. The molecule has 5 rings (SSSR count). The summed E-state index contributed by atoms with van der Waals surface area (Å²) in [5, 5.41) is 2.85. The van der Waals surface area contributed by atoms with Gasteiger partial charge in [0.15, 0.2) is 0 Å². The SMILES string of the molecule is COC(=O)C1(c2ccc(-c3ccc(-c4ncn(C)c4NC(=O)O[C@H](C)c4ccccc4)cc3)cc2)CC1. The second-order valence-corrected chi connectivity index (χ2v) is 9.36. The zero-order valence-corrected chi connectivity index (χ0v) is 21.1. The van der Waals surface area contributed by atoms with Crippen molar-refractivity contribution >= 4 is 17.9 Å². The zero-order chi connectivity index (χ0) is 26.0. The molecule has 4 aromatic rings. The van der Waals surface area contributed by atoms with E-state index in [4.69, 9.17) is 9.47 Å². The molecule has 0 unspecified atom stereocenters. The van der Waals surface area contributed by atoms with Crippen LogP contribution in [0.5, 0.6) is 0 Å². The summed E-state index contributed by atoms with van der Waals surface area (Å²) in [5.74, 6) is 0.391. The molecule has 7 heteroatoms. The second kappa shape index (κ2) is 9.93. The maximum absolute atomic E-state index is 12.6. The summed E-state index contributed by atoms with van der Waals surface area (Å²) in [6.07, 6.45) is 2.39. The van der Waals surface area contributed by atoms with Gasteiger partial charge >= 0.3 is 12.1 Å². The number of esters is 1. The third kappa shape index (κ3) is 4.85. The highest BCUT2D eigenvalue weighted by molar-refractivity contribution is 5.89. The lowest BCUT2D eigenvalue weighted by Gasteiger charge is -2.15. The molecule has 1 heterocycles. The first-order chi connectivity index (χ1) is 17.9. The van der Waals surface area contributed by atoms with Crippen molar-refractivity contribution in [2.24, 2.45) is 7.05 Å². The van der Waals surface area contributed by atoms with Crippen molar-refractivity contribution in [1.82, 2.24) is 9.55 Å². The highest BCUT2D eigenvalue weighted by Crippen LogP contribution is 2.49. The predicted octanol–water partition coefficient (Wildman–Crippen LogP) is 6.27. The Kier molecular flexibility index (Phi) is 6.53. The first kappa shape index (κ1) is 24.3. The first-order valence-electron chi connectivity index (χ1n) is 12.2. The Morgan fingerprint density at radius 2 is 1.51 bits per heavy atom. The first-order valence-corrected chi connectivity index (χ1v) is 12.2. The number of anilines is 1. The number of ether oxygens (including phenoxy) is 2. The zero-order valence-electron chi connectivity index (χ0n) is 21.1. The van der Waals surface area contributed by atoms with E-state index in [9.17, 15) is 9.59 Å². The van der Waals surface area contributed by atoms with Crippen LogP contribution in [-0.2, 0) is 26.7 Å². The van der Waals surface area contributed by atoms with Crippen LogP contribution in [0.2, 0.25) is 0 Å². The Hall–Kier alpha value is -4.39. The third-order valence-corrected chi connectivity index (χ3v) is 6.97. The Bertz CT molecular complexity index is 1410. The summed E-state index contributed by atoms with van der Waals surface area (Å²) >= 11 is 0. The van der Waals surface area contributed by atoms with Gasteiger partial charge in [-0.05, 0) is 42.0 Å². The largest absolute Gasteiger partial charge is 0.468 e. The Labute approximate surface area is 216 Å². The normalized spacial score (nSPS) is 14.5. The lowest BCUT2D eigenvalue weighted by molar-refractivity contribution is -0.143. The van der Waals surface area contributed by atoms with Crippen LogP contribution in [0.25, 0.3) is 22.4 Å². The topological polar surface area (TPSA) is 82.5 Å². The second-order valence-electron chi connectivity index (χ2n) is 9.36. The van der Waals surface area contributed by atoms with Gasteiger partial charge in [0.05, 0.1) is 18.9 Å². The Balaban J connectivity index is 1.30. The average molecular weight is 496 g/mol. The number of hydrogen-bond acceptors (Lipinski definition) is 5. The van der Waals surface area contributed by atoms with Gasteiger partial charge < -0.3 is 14.0 Å². The van der Waals surface area contributed by atoms with E-state index in [1.807, 2.05) is 92.8 Å². The number of aryl methyl sites for hydroxylation is 1. The molecule has 1 saturated carbocycles. The quantitative estimate of drug-likeness (QED) is 0.306. The number of imidazole rings is 1. The van der Waals surface area contributed by atoms with Gasteiger partial charge in [-0.1, -0.05) is 78.9 Å². The molecule has 1 fully saturated rings. The smallest absolute Gasteiger partial charge is 0.413 e. The number of carbonyl (C=O) groups excluding carboxylic acids is 2. The summed E-state index contributed by atoms with van der Waals surface area (Å²) in [7, 11) is 3.26. The number of carbonyl (C=O) groups is 2. The maximum Gasteiger partial charge on any atom is 0.413 e. The van der Waals surface area contributed by atoms with Gasteiger partial charge in [-0.2, -0.15) is 0 Å². The molecule has 1 N–H and O–H groups in total. The fourth-order valence-electron chi connectivity index (χ4n) is 4.60. The molecule has 0 bridgehead atoms. The van der Waals surface area contributed by atoms with Crippen LogP contribution in [0.1, 0.15) is 37.0 Å². The molecule has 188 valence electrons. The van der Waals surface area contributed by atoms with Gasteiger partial charge in [-0.25, -0.2) is 9.78 Å². The summed E-state index contributed by atoms with van der Waals surface area (Å²) in [4.78, 5) is 29.3. The number of rotatable bonds is 7. The van der Waals surface area contributed by atoms with Crippen LogP contribution < -0.4 is 5.32 Å². The van der Waals surface area contributed by atoms with Crippen molar-refractivity contribution in [2.75, 3.05) is 12.4 Å². The molecular weight excluding hydrogens is 466 g/mol. The minimum atomic E-state index is -0.543. The fourth-order valence-corrected chi connectivity index (χ4v) is 4.60. The van der Waals surface area contributed by atoms with E-state index in [2.05, 4.69) is 10.3 Å². The number of nitrogens with zero attached hydrogens (tertiary/aromatic N) is 2. The van der Waals surface area contributed by atoms with Crippen LogP contribution in [0.15, 0.2) is 85.2 Å². The monoisotopic (exact) mass is 495 g/mol. The number of methoxy groups -OCH3 is 1. The van der Waals surface area contributed by atoms with E-state index in [1.165, 1.54) is 7.11 Å². The van der Waals surface area contributed by atoms with Gasteiger partial charge in [0.2, 0.25) is 0 Å². The molecule has 1 aliphatic rings. The number of amides is 1. The van der Waals surface area contributed by atoms with E-state index in [0.29, 0.717) is 11.5 Å². The fraction of sp³-hybridized carbons (Fsp3) is 0.233. The van der Waals surface area contributed by atoms with Crippen LogP contribution >= 0.6 is 0 Å². The van der Waals surface area contributed by atoms with Gasteiger partial charge in [0, 0.05) is 12.6 Å². The number of benzene rings is 3. The summed E-state index contributed by atoms with van der Waals surface area (Å²) in [6, 6.07) is 25.7. The van der Waals surface area contributed by atoms with Crippen molar-refractivity contribution < 1.29 is 19.1 Å². The Morgan fingerprint density at radius 3 is 2.11 bits per heavy atom. The van der Waals surface area contributed by atoms with Crippen LogP contribution in [0.3, 0.4) is 0 Å². The third-order valence-electron chi connectivity index (χ3n) is 6.97. The van der Waals surface area contributed by atoms with Crippen molar-refractivity contribution in [3.05, 3.63) is 96.3 Å². The van der Waals surface area contributed by atoms with Crippen molar-refractivity contribution in [3.8, 4) is 22.4 Å². The molecule has 1 aliphatic carbocycles. The molecule has 3 aromatic carbocycles. The highest BCUT2D eigenvalue weighted by atomic mass is 16.6. The maximum atomic E-state index is 12.6. The molecule has 0 radical (unpaired) electrons. The number of nitrogens with one attached hydrogen (secondary N) is 1. The predicted molar refractivity (Wildman–Crippen MR) is 142 cm³/mol. The van der Waals surface area contributed by atoms with Crippen LogP contribution in [0, 0.1) is 0 Å². The van der Waals surface area contributed by atoms with Crippen molar-refractivity contribution in [2.45, 2.75) is 31.3 Å². The molecule has 0 aliphatic heterocycles. The summed E-state index contributed by atoms with van der Waals surface area (Å²) < 4.78 is 12.3. The van der Waals surface area contributed by atoms with Crippen molar-refractivity contribution in [1.29, 1.82) is 0 Å². The van der Waals surface area contributed by atoms with Gasteiger partial charge in [0.1, 0.15) is 17.6 Å². The molecule has 7 nitrogen and oxygen atoms in total. The Morgan fingerprint density at radius 1 is 0.919 bits per heavy atom. The lowest BCUT2D eigenvalue weighted by atomic mass is 9.93. The molecule has 1 aromatic heterocycles. The van der Waals surface area contributed by atoms with Gasteiger partial charge in [0.25, 0.3) is 0 Å². The molecule has 1 atom stereocenters. The molecule has 37 heavy (non-hydrogen) atoms. The minimum absolute atomic E-state index is 0.164. The van der Waals surface area contributed by atoms with E-state index in [0.717, 1.165) is 40.7 Å². The van der Waals surface area contributed by atoms with Gasteiger partial charge in [-0.15, -0.1) is 0 Å².